The number of aryl methyl sites for hydroxylation is 1. The van der Waals surface area contributed by atoms with E-state index < -0.39 is 0 Å². The van der Waals surface area contributed by atoms with Gasteiger partial charge in [-0.3, -0.25) is 0 Å². The zero-order valence-corrected chi connectivity index (χ0v) is 11.5. The van der Waals surface area contributed by atoms with Crippen molar-refractivity contribution >= 4 is 29.0 Å². The summed E-state index contributed by atoms with van der Waals surface area (Å²) in [6.45, 7) is 2.01. The molecule has 0 unspecified atom stereocenters. The van der Waals surface area contributed by atoms with Gasteiger partial charge in [-0.25, -0.2) is 0 Å². The summed E-state index contributed by atoms with van der Waals surface area (Å²) in [5.74, 6) is 1.54. The van der Waals surface area contributed by atoms with Gasteiger partial charge in [0.1, 0.15) is 16.6 Å². The van der Waals surface area contributed by atoms with Crippen LogP contribution in [0.4, 0.5) is 5.82 Å². The number of nitrogens with one attached hydrogen (secondary N) is 1. The fourth-order valence-corrected chi connectivity index (χ4v) is 1.91. The van der Waals surface area contributed by atoms with Crippen molar-refractivity contribution in [3.63, 3.8) is 0 Å². The molecule has 0 aliphatic heterocycles. The predicted molar refractivity (Wildman–Crippen MR) is 75.1 cm³/mol. The molecule has 94 valence electrons. The van der Waals surface area contributed by atoms with Crippen molar-refractivity contribution in [2.45, 2.75) is 6.92 Å². The van der Waals surface area contributed by atoms with Crippen LogP contribution in [0, 0.1) is 6.92 Å². The summed E-state index contributed by atoms with van der Waals surface area (Å²) in [5, 5.41) is 3.71. The van der Waals surface area contributed by atoms with Crippen LogP contribution >= 0.6 is 23.2 Å². The van der Waals surface area contributed by atoms with Crippen LogP contribution in [-0.4, -0.2) is 12.0 Å². The van der Waals surface area contributed by atoms with Crippen LogP contribution in [0.25, 0.3) is 0 Å². The summed E-state index contributed by atoms with van der Waals surface area (Å²) in [4.78, 5) is 4.21. The third-order valence-corrected chi connectivity index (χ3v) is 2.93. The molecule has 0 aliphatic carbocycles. The number of ether oxygens (including phenoxy) is 1. The number of pyridine rings is 1. The fourth-order valence-electron chi connectivity index (χ4n) is 1.41. The molecule has 2 aromatic rings. The number of hydrogen-bond donors (Lipinski definition) is 1. The molecule has 0 amide bonds. The van der Waals surface area contributed by atoms with E-state index in [0.29, 0.717) is 27.5 Å². The molecule has 18 heavy (non-hydrogen) atoms. The lowest BCUT2D eigenvalue weighted by Gasteiger charge is -2.09. The first-order valence-corrected chi connectivity index (χ1v) is 6.14. The number of halogens is 2. The van der Waals surface area contributed by atoms with Gasteiger partial charge < -0.3 is 10.1 Å². The first-order valence-electron chi connectivity index (χ1n) is 5.38. The van der Waals surface area contributed by atoms with Gasteiger partial charge >= 0.3 is 0 Å². The summed E-state index contributed by atoms with van der Waals surface area (Å²) in [5.41, 5.74) is 1.16. The Morgan fingerprint density at radius 1 is 1.11 bits per heavy atom. The molecule has 0 atom stereocenters. The Kier molecular flexibility index (Phi) is 3.94. The fraction of sp³-hybridized carbons (Fsp3) is 0.154. The van der Waals surface area contributed by atoms with Crippen molar-refractivity contribution in [3.05, 3.63) is 45.9 Å². The van der Waals surface area contributed by atoms with Gasteiger partial charge in [-0.2, -0.15) is 4.98 Å². The van der Waals surface area contributed by atoms with Gasteiger partial charge in [-0.15, -0.1) is 0 Å². The van der Waals surface area contributed by atoms with Crippen LogP contribution in [0.2, 0.25) is 10.0 Å². The maximum Gasteiger partial charge on any atom is 0.240 e. The third kappa shape index (κ3) is 2.86. The van der Waals surface area contributed by atoms with Crippen LogP contribution in [0.1, 0.15) is 5.56 Å². The van der Waals surface area contributed by atoms with Crippen LogP contribution in [0.5, 0.6) is 11.6 Å². The van der Waals surface area contributed by atoms with E-state index in [1.807, 2.05) is 31.2 Å². The van der Waals surface area contributed by atoms with Crippen molar-refractivity contribution in [2.75, 3.05) is 12.4 Å². The Balaban J connectivity index is 2.31. The Morgan fingerprint density at radius 2 is 1.78 bits per heavy atom. The highest BCUT2D eigenvalue weighted by Gasteiger charge is 2.10. The van der Waals surface area contributed by atoms with Crippen molar-refractivity contribution in [2.24, 2.45) is 0 Å². The minimum absolute atomic E-state index is 0.328. The molecule has 1 N–H and O–H groups in total. The molecule has 0 spiro atoms. The Morgan fingerprint density at radius 3 is 2.39 bits per heavy atom. The Bertz CT molecular complexity index is 556. The van der Waals surface area contributed by atoms with Crippen LogP contribution < -0.4 is 10.1 Å². The molecule has 0 saturated carbocycles. The number of rotatable bonds is 3. The lowest BCUT2D eigenvalue weighted by molar-refractivity contribution is 0.464. The molecule has 0 saturated heterocycles. The lowest BCUT2D eigenvalue weighted by atomic mass is 10.2. The highest BCUT2D eigenvalue weighted by Crippen LogP contribution is 2.33. The Labute approximate surface area is 116 Å². The molecule has 0 fully saturated rings. The molecular formula is C13H12Cl2N2O. The number of aromatic nitrogens is 1. The van der Waals surface area contributed by atoms with E-state index in [4.69, 9.17) is 27.9 Å². The zero-order chi connectivity index (χ0) is 13.1. The number of anilines is 1. The molecule has 0 aliphatic rings. The standard InChI is InChI=1S/C13H12Cl2N2O/c1-8-3-5-9(6-4-8)18-13-11(15)7-10(14)12(16-2)17-13/h3-7H,1-2H3,(H,16,17). The van der Waals surface area contributed by atoms with Crippen molar-refractivity contribution in [1.82, 2.24) is 4.98 Å². The van der Waals surface area contributed by atoms with Crippen molar-refractivity contribution in [3.8, 4) is 11.6 Å². The number of hydrogen-bond acceptors (Lipinski definition) is 3. The van der Waals surface area contributed by atoms with E-state index in [0.717, 1.165) is 5.56 Å². The van der Waals surface area contributed by atoms with E-state index in [-0.39, 0.29) is 0 Å². The van der Waals surface area contributed by atoms with Gasteiger partial charge in [0, 0.05) is 7.05 Å². The first-order chi connectivity index (χ1) is 8.60. The van der Waals surface area contributed by atoms with Crippen LogP contribution in [0.15, 0.2) is 30.3 Å². The minimum Gasteiger partial charge on any atom is -0.437 e. The van der Waals surface area contributed by atoms with E-state index in [1.54, 1.807) is 13.1 Å². The molecule has 3 nitrogen and oxygen atoms in total. The van der Waals surface area contributed by atoms with Gasteiger partial charge in [0.05, 0.1) is 5.02 Å². The highest BCUT2D eigenvalue weighted by molar-refractivity contribution is 6.36. The first kappa shape index (κ1) is 13.0. The molecule has 2 rings (SSSR count). The summed E-state index contributed by atoms with van der Waals surface area (Å²) in [6.07, 6.45) is 0. The van der Waals surface area contributed by atoms with Gasteiger partial charge in [-0.1, -0.05) is 40.9 Å². The van der Waals surface area contributed by atoms with Crippen molar-refractivity contribution in [1.29, 1.82) is 0 Å². The number of nitrogens with zero attached hydrogens (tertiary/aromatic N) is 1. The second kappa shape index (κ2) is 5.46. The topological polar surface area (TPSA) is 34.2 Å². The molecule has 0 radical (unpaired) electrons. The van der Waals surface area contributed by atoms with Crippen LogP contribution in [0.3, 0.4) is 0 Å². The van der Waals surface area contributed by atoms with E-state index in [1.165, 1.54) is 0 Å². The maximum atomic E-state index is 6.04. The molecule has 1 aromatic carbocycles. The molecule has 1 aromatic heterocycles. The van der Waals surface area contributed by atoms with Crippen LogP contribution in [-0.2, 0) is 0 Å². The van der Waals surface area contributed by atoms with E-state index >= 15 is 0 Å². The SMILES string of the molecule is CNc1nc(Oc2ccc(C)cc2)c(Cl)cc1Cl. The summed E-state index contributed by atoms with van der Waals surface area (Å²) in [7, 11) is 1.73. The highest BCUT2D eigenvalue weighted by atomic mass is 35.5. The monoisotopic (exact) mass is 282 g/mol. The van der Waals surface area contributed by atoms with Gasteiger partial charge in [0.15, 0.2) is 0 Å². The smallest absolute Gasteiger partial charge is 0.240 e. The third-order valence-electron chi connectivity index (χ3n) is 2.37. The van der Waals surface area contributed by atoms with Crippen molar-refractivity contribution < 1.29 is 4.74 Å². The molecule has 5 heteroatoms. The van der Waals surface area contributed by atoms with Gasteiger partial charge in [0.25, 0.3) is 0 Å². The van der Waals surface area contributed by atoms with E-state index in [2.05, 4.69) is 10.3 Å². The van der Waals surface area contributed by atoms with Gasteiger partial charge in [-0.05, 0) is 25.1 Å². The average Bonchev–Trinajstić information content (AvgIpc) is 2.35. The normalized spacial score (nSPS) is 10.2. The second-order valence-corrected chi connectivity index (χ2v) is 4.59. The maximum absolute atomic E-state index is 6.04. The molecule has 0 bridgehead atoms. The average molecular weight is 283 g/mol. The second-order valence-electron chi connectivity index (χ2n) is 3.77. The summed E-state index contributed by atoms with van der Waals surface area (Å²) < 4.78 is 5.62. The quantitative estimate of drug-likeness (QED) is 0.898. The Hall–Kier alpha value is -1.45. The van der Waals surface area contributed by atoms with Gasteiger partial charge in [0.2, 0.25) is 5.88 Å². The predicted octanol–water partition coefficient (Wildman–Crippen LogP) is 4.53. The molecule has 1 heterocycles. The summed E-state index contributed by atoms with van der Waals surface area (Å²) in [6, 6.07) is 9.24. The molecular weight excluding hydrogens is 271 g/mol. The minimum atomic E-state index is 0.328. The largest absolute Gasteiger partial charge is 0.437 e. The van der Waals surface area contributed by atoms with E-state index in [9.17, 15) is 0 Å². The summed E-state index contributed by atoms with van der Waals surface area (Å²) >= 11 is 12.0. The number of benzene rings is 1. The zero-order valence-electron chi connectivity index (χ0n) is 10.00. The lowest BCUT2D eigenvalue weighted by Crippen LogP contribution is -1.96.